The van der Waals surface area contributed by atoms with Crippen molar-refractivity contribution in [2.24, 2.45) is 0 Å². The Hall–Kier alpha value is -5.71. The van der Waals surface area contributed by atoms with Crippen LogP contribution in [-0.2, 0) is 11.3 Å². The molecule has 5 rings (SSSR count). The summed E-state index contributed by atoms with van der Waals surface area (Å²) in [5.41, 5.74) is 8.35. The first-order chi connectivity index (χ1) is 21.6. The molecule has 0 aliphatic heterocycles. The van der Waals surface area contributed by atoms with Crippen LogP contribution in [0.2, 0.25) is 0 Å². The summed E-state index contributed by atoms with van der Waals surface area (Å²) in [5.74, 6) is 0.230. The molecule has 0 unspecified atom stereocenters. The summed E-state index contributed by atoms with van der Waals surface area (Å²) in [5, 5.41) is 0.352. The topological polar surface area (TPSA) is 127 Å². The molecule has 11 nitrogen and oxygen atoms in total. The average molecular weight is 611 g/mol. The molecule has 2 heterocycles. The van der Waals surface area contributed by atoms with Gasteiger partial charge in [-0.15, -0.1) is 0 Å². The van der Waals surface area contributed by atoms with Crippen LogP contribution in [0.25, 0.3) is 27.7 Å². The van der Waals surface area contributed by atoms with Crippen LogP contribution in [0.3, 0.4) is 0 Å². The van der Waals surface area contributed by atoms with Gasteiger partial charge in [-0.3, -0.25) is 18.7 Å². The number of hydrogen-bond acceptors (Lipinski definition) is 9. The summed E-state index contributed by atoms with van der Waals surface area (Å²) in [6.07, 6.45) is 0. The number of ether oxygens (including phenoxy) is 4. The van der Waals surface area contributed by atoms with E-state index < -0.39 is 11.5 Å². The molecular weight excluding hydrogens is 576 g/mol. The third kappa shape index (κ3) is 5.55. The number of nitrogens with zero attached hydrogens (tertiary/aromatic N) is 3. The minimum atomic E-state index is -0.772. The van der Waals surface area contributed by atoms with Gasteiger partial charge in [-0.2, -0.15) is 0 Å². The monoisotopic (exact) mass is 610 g/mol. The minimum absolute atomic E-state index is 0.0613. The number of nitrogen functional groups attached to an aromatic ring is 1. The molecule has 232 valence electrons. The van der Waals surface area contributed by atoms with Crippen LogP contribution >= 0.6 is 0 Å². The number of aromatic nitrogens is 2. The number of benzene rings is 3. The number of pyridine rings is 2. The van der Waals surface area contributed by atoms with Gasteiger partial charge in [-0.05, 0) is 65.7 Å². The smallest absolute Gasteiger partial charge is 0.355 e. The first-order valence-corrected chi connectivity index (χ1v) is 14.0. The maximum atomic E-state index is 14.6. The van der Waals surface area contributed by atoms with Crippen molar-refractivity contribution in [1.82, 2.24) is 9.13 Å². The highest BCUT2D eigenvalue weighted by atomic mass is 16.5. The Morgan fingerprint density at radius 2 is 1.51 bits per heavy atom. The summed E-state index contributed by atoms with van der Waals surface area (Å²) >= 11 is 0. The molecule has 45 heavy (non-hydrogen) atoms. The summed E-state index contributed by atoms with van der Waals surface area (Å²) in [4.78, 5) is 43.8. The lowest BCUT2D eigenvalue weighted by atomic mass is 9.96. The van der Waals surface area contributed by atoms with Crippen molar-refractivity contribution in [3.63, 3.8) is 0 Å². The lowest BCUT2D eigenvalue weighted by Gasteiger charge is -2.22. The van der Waals surface area contributed by atoms with E-state index in [2.05, 4.69) is 0 Å². The van der Waals surface area contributed by atoms with Crippen molar-refractivity contribution < 1.29 is 23.7 Å². The Morgan fingerprint density at radius 1 is 0.844 bits per heavy atom. The molecule has 0 saturated heterocycles. The van der Waals surface area contributed by atoms with Gasteiger partial charge in [0.15, 0.2) is 11.5 Å². The summed E-state index contributed by atoms with van der Waals surface area (Å²) in [6, 6.07) is 20.5. The van der Waals surface area contributed by atoms with Gasteiger partial charge in [0.25, 0.3) is 11.1 Å². The number of nitrogens with two attached hydrogens (primary N) is 1. The number of methoxy groups -OCH3 is 4. The highest BCUT2D eigenvalue weighted by Gasteiger charge is 2.28. The number of hydrogen-bond donors (Lipinski definition) is 1. The molecule has 0 bridgehead atoms. The molecule has 0 spiro atoms. The van der Waals surface area contributed by atoms with E-state index in [0.29, 0.717) is 45.1 Å². The van der Waals surface area contributed by atoms with Crippen molar-refractivity contribution in [2.45, 2.75) is 6.54 Å². The number of carbonyl (C=O) groups excluding carboxylic acids is 1. The number of fused-ring (bicyclic) bond motifs is 1. The molecule has 0 atom stereocenters. The Balaban J connectivity index is 1.98. The van der Waals surface area contributed by atoms with Crippen molar-refractivity contribution in [3.05, 3.63) is 105 Å². The fraction of sp³-hybridized carbons (Fsp3) is 0.206. The molecule has 11 heteroatoms. The Labute approximate surface area is 259 Å². The van der Waals surface area contributed by atoms with Crippen molar-refractivity contribution in [1.29, 1.82) is 0 Å². The van der Waals surface area contributed by atoms with E-state index in [1.165, 1.54) is 43.6 Å². The molecule has 0 aliphatic rings. The highest BCUT2D eigenvalue weighted by Crippen LogP contribution is 2.43. The number of esters is 1. The van der Waals surface area contributed by atoms with Gasteiger partial charge >= 0.3 is 5.97 Å². The van der Waals surface area contributed by atoms with Crippen LogP contribution in [0.15, 0.2) is 82.4 Å². The lowest BCUT2D eigenvalue weighted by molar-refractivity contribution is 0.0591. The van der Waals surface area contributed by atoms with E-state index in [9.17, 15) is 14.4 Å². The predicted molar refractivity (Wildman–Crippen MR) is 175 cm³/mol. The molecule has 3 aromatic carbocycles. The molecule has 0 saturated carbocycles. The Bertz CT molecular complexity index is 2000. The van der Waals surface area contributed by atoms with Gasteiger partial charge in [0.1, 0.15) is 11.2 Å². The molecule has 0 fully saturated rings. The van der Waals surface area contributed by atoms with Gasteiger partial charge in [0.2, 0.25) is 5.75 Å². The number of anilines is 2. The average Bonchev–Trinajstić information content (AvgIpc) is 3.05. The molecular formula is C34H34N4O7. The van der Waals surface area contributed by atoms with Crippen LogP contribution in [0.5, 0.6) is 17.2 Å². The minimum Gasteiger partial charge on any atom is -0.493 e. The maximum Gasteiger partial charge on any atom is 0.355 e. The summed E-state index contributed by atoms with van der Waals surface area (Å²) < 4.78 is 24.7. The van der Waals surface area contributed by atoms with E-state index in [-0.39, 0.29) is 23.3 Å². The zero-order chi connectivity index (χ0) is 32.4. The molecule has 0 aliphatic carbocycles. The zero-order valence-corrected chi connectivity index (χ0v) is 25.9. The second-order valence-corrected chi connectivity index (χ2v) is 10.4. The van der Waals surface area contributed by atoms with E-state index in [1.807, 2.05) is 43.3 Å². The largest absolute Gasteiger partial charge is 0.493 e. The Kier molecular flexibility index (Phi) is 8.53. The van der Waals surface area contributed by atoms with Gasteiger partial charge < -0.3 is 29.6 Å². The second-order valence-electron chi connectivity index (χ2n) is 10.4. The lowest BCUT2D eigenvalue weighted by Crippen LogP contribution is -2.32. The predicted octanol–water partition coefficient (Wildman–Crippen LogP) is 4.33. The Morgan fingerprint density at radius 3 is 2.09 bits per heavy atom. The first kappa shape index (κ1) is 30.7. The molecule has 0 radical (unpaired) electrons. The van der Waals surface area contributed by atoms with Crippen molar-refractivity contribution >= 4 is 28.2 Å². The fourth-order valence-electron chi connectivity index (χ4n) is 5.41. The quantitative estimate of drug-likeness (QED) is 0.192. The molecule has 2 N–H and O–H groups in total. The van der Waals surface area contributed by atoms with E-state index in [0.717, 1.165) is 11.3 Å². The number of rotatable bonds is 9. The summed E-state index contributed by atoms with van der Waals surface area (Å²) in [7, 11) is 9.53. The zero-order valence-electron chi connectivity index (χ0n) is 25.9. The van der Waals surface area contributed by atoms with Crippen LogP contribution in [-0.4, -0.2) is 57.6 Å². The van der Waals surface area contributed by atoms with Crippen LogP contribution in [0, 0.1) is 0 Å². The normalized spacial score (nSPS) is 10.9. The molecule has 2 aromatic heterocycles. The maximum absolute atomic E-state index is 14.6. The number of carbonyl (C=O) groups is 1. The SMILES string of the molecule is COC(=O)c1c(-c2cc(OC)c(OC)c(OC)c2)c2ccc(=O)n(Cc3cccc(N(C)C)c3)c2c(=O)n1-c1ccc(N)cc1. The second kappa shape index (κ2) is 12.5. The summed E-state index contributed by atoms with van der Waals surface area (Å²) in [6.45, 7) is 0.0983. The van der Waals surface area contributed by atoms with Gasteiger partial charge in [0.05, 0.1) is 35.0 Å². The van der Waals surface area contributed by atoms with E-state index in [1.54, 1.807) is 42.5 Å². The van der Waals surface area contributed by atoms with Gasteiger partial charge in [0, 0.05) is 48.2 Å². The third-order valence-electron chi connectivity index (χ3n) is 7.57. The van der Waals surface area contributed by atoms with Crippen molar-refractivity contribution in [2.75, 3.05) is 53.2 Å². The van der Waals surface area contributed by atoms with Crippen molar-refractivity contribution in [3.8, 4) is 34.1 Å². The third-order valence-corrected chi connectivity index (χ3v) is 7.57. The van der Waals surface area contributed by atoms with Crippen LogP contribution in [0.4, 0.5) is 11.4 Å². The van der Waals surface area contributed by atoms with E-state index >= 15 is 0 Å². The standard InChI is InChI=1S/C34H34N4O7/c1-36(2)24-9-7-8-20(16-24)19-37-28(39)15-14-25-29(21-17-26(42-3)32(44-5)27(18-21)43-4)31(34(41)45-6)38(33(40)30(25)37)23-12-10-22(35)11-13-23/h7-18H,19,35H2,1-6H3. The van der Waals surface area contributed by atoms with Crippen LogP contribution < -0.4 is 36.0 Å². The molecule has 0 amide bonds. The first-order valence-electron chi connectivity index (χ1n) is 14.0. The molecule has 5 aromatic rings. The fourth-order valence-corrected chi connectivity index (χ4v) is 5.41. The van der Waals surface area contributed by atoms with E-state index in [4.69, 9.17) is 24.7 Å². The highest BCUT2D eigenvalue weighted by molar-refractivity contribution is 6.07. The van der Waals surface area contributed by atoms with Gasteiger partial charge in [-0.1, -0.05) is 12.1 Å². The van der Waals surface area contributed by atoms with Crippen LogP contribution in [0.1, 0.15) is 16.1 Å². The van der Waals surface area contributed by atoms with Gasteiger partial charge in [-0.25, -0.2) is 4.79 Å².